The number of ether oxygens (including phenoxy) is 1. The van der Waals surface area contributed by atoms with Crippen molar-refractivity contribution in [2.45, 2.75) is 26.2 Å². The summed E-state index contributed by atoms with van der Waals surface area (Å²) in [5, 5.41) is 11.2. The molecule has 24 heavy (non-hydrogen) atoms. The molecule has 0 aromatic carbocycles. The normalized spacial score (nSPS) is 14.9. The van der Waals surface area contributed by atoms with Crippen LogP contribution in [0.15, 0.2) is 16.9 Å². The molecule has 8 nitrogen and oxygen atoms in total. The third-order valence-corrected chi connectivity index (χ3v) is 3.94. The maximum atomic E-state index is 7.00. The Kier molecular flexibility index (Phi) is 7.20. The Labute approximate surface area is 145 Å². The lowest BCUT2D eigenvalue weighted by atomic mass is 9.98. The SMILES string of the molecule is CCc1noc(N2CCC(COc3cnc(Cl)nc3)CC2)n1.CO. The highest BCUT2D eigenvalue weighted by Crippen LogP contribution is 2.23. The van der Waals surface area contributed by atoms with E-state index in [9.17, 15) is 0 Å². The van der Waals surface area contributed by atoms with Crippen molar-refractivity contribution in [1.29, 1.82) is 0 Å². The van der Waals surface area contributed by atoms with Crippen LogP contribution in [0.25, 0.3) is 0 Å². The highest BCUT2D eigenvalue weighted by atomic mass is 35.5. The molecule has 1 fully saturated rings. The summed E-state index contributed by atoms with van der Waals surface area (Å²) in [5.74, 6) is 1.90. The fourth-order valence-corrected chi connectivity index (χ4v) is 2.49. The van der Waals surface area contributed by atoms with Gasteiger partial charge in [-0.15, -0.1) is 0 Å². The summed E-state index contributed by atoms with van der Waals surface area (Å²) in [6.45, 7) is 4.47. The molecule has 1 saturated heterocycles. The van der Waals surface area contributed by atoms with Crippen LogP contribution in [-0.2, 0) is 6.42 Å². The number of halogens is 1. The summed E-state index contributed by atoms with van der Waals surface area (Å²) >= 11 is 5.64. The Morgan fingerprint density at radius 3 is 2.54 bits per heavy atom. The van der Waals surface area contributed by atoms with Gasteiger partial charge in [0, 0.05) is 26.6 Å². The van der Waals surface area contributed by atoms with Crippen LogP contribution in [0, 0.1) is 5.92 Å². The largest absolute Gasteiger partial charge is 0.490 e. The molecule has 0 saturated carbocycles. The molecule has 1 aliphatic rings. The van der Waals surface area contributed by atoms with Crippen LogP contribution in [0.5, 0.6) is 5.75 Å². The molecule has 2 aromatic heterocycles. The number of piperidine rings is 1. The minimum Gasteiger partial charge on any atom is -0.490 e. The van der Waals surface area contributed by atoms with Gasteiger partial charge in [-0.05, 0) is 30.4 Å². The number of hydrogen-bond donors (Lipinski definition) is 1. The van der Waals surface area contributed by atoms with Gasteiger partial charge in [0.05, 0.1) is 19.0 Å². The molecule has 1 aliphatic heterocycles. The zero-order chi connectivity index (χ0) is 17.4. The first-order chi connectivity index (χ1) is 11.7. The molecule has 0 unspecified atom stereocenters. The monoisotopic (exact) mass is 355 g/mol. The van der Waals surface area contributed by atoms with Crippen molar-refractivity contribution in [2.24, 2.45) is 5.92 Å². The molecule has 0 aliphatic carbocycles. The second-order valence-electron chi connectivity index (χ2n) is 5.28. The molecule has 0 atom stereocenters. The first-order valence-corrected chi connectivity index (χ1v) is 8.25. The van der Waals surface area contributed by atoms with E-state index < -0.39 is 0 Å². The lowest BCUT2D eigenvalue weighted by Crippen LogP contribution is -2.35. The van der Waals surface area contributed by atoms with Crippen molar-refractivity contribution < 1.29 is 14.4 Å². The van der Waals surface area contributed by atoms with E-state index in [0.717, 1.165) is 45.3 Å². The van der Waals surface area contributed by atoms with E-state index >= 15 is 0 Å². The minimum absolute atomic E-state index is 0.228. The van der Waals surface area contributed by atoms with E-state index in [1.807, 2.05) is 6.92 Å². The van der Waals surface area contributed by atoms with Crippen LogP contribution in [0.2, 0.25) is 5.28 Å². The summed E-state index contributed by atoms with van der Waals surface area (Å²) in [6.07, 6.45) is 6.03. The second-order valence-corrected chi connectivity index (χ2v) is 5.61. The molecule has 3 rings (SSSR count). The zero-order valence-corrected chi connectivity index (χ0v) is 14.6. The third kappa shape index (κ3) is 5.04. The molecule has 2 aromatic rings. The number of aromatic nitrogens is 4. The Bertz CT molecular complexity index is 599. The van der Waals surface area contributed by atoms with Gasteiger partial charge in [0.1, 0.15) is 0 Å². The van der Waals surface area contributed by atoms with E-state index in [1.54, 1.807) is 12.4 Å². The predicted octanol–water partition coefficient (Wildman–Crippen LogP) is 1.98. The van der Waals surface area contributed by atoms with Crippen molar-refractivity contribution in [3.8, 4) is 5.75 Å². The molecule has 132 valence electrons. The van der Waals surface area contributed by atoms with E-state index in [4.69, 9.17) is 26.0 Å². The number of aryl methyl sites for hydroxylation is 1. The molecule has 9 heteroatoms. The van der Waals surface area contributed by atoms with E-state index in [1.165, 1.54) is 0 Å². The number of rotatable bonds is 5. The van der Waals surface area contributed by atoms with Gasteiger partial charge in [0.2, 0.25) is 5.28 Å². The quantitative estimate of drug-likeness (QED) is 0.813. The van der Waals surface area contributed by atoms with Crippen molar-refractivity contribution in [2.75, 3.05) is 31.7 Å². The van der Waals surface area contributed by atoms with E-state index in [2.05, 4.69) is 25.0 Å². The Balaban J connectivity index is 0.00000100. The van der Waals surface area contributed by atoms with Crippen molar-refractivity contribution >= 4 is 17.6 Å². The fraction of sp³-hybridized carbons (Fsp3) is 0.600. The molecule has 0 bridgehead atoms. The smallest absolute Gasteiger partial charge is 0.324 e. The second kappa shape index (κ2) is 9.39. The van der Waals surface area contributed by atoms with Gasteiger partial charge >= 0.3 is 6.01 Å². The van der Waals surface area contributed by atoms with Crippen LogP contribution in [0.1, 0.15) is 25.6 Å². The van der Waals surface area contributed by atoms with Gasteiger partial charge in [0.25, 0.3) is 0 Å². The van der Waals surface area contributed by atoms with E-state index in [-0.39, 0.29) is 5.28 Å². The summed E-state index contributed by atoms with van der Waals surface area (Å²) in [7, 11) is 1.00. The first-order valence-electron chi connectivity index (χ1n) is 7.87. The number of anilines is 1. The van der Waals surface area contributed by atoms with Gasteiger partial charge in [-0.25, -0.2) is 9.97 Å². The maximum Gasteiger partial charge on any atom is 0.324 e. The lowest BCUT2D eigenvalue weighted by molar-refractivity contribution is 0.219. The lowest BCUT2D eigenvalue weighted by Gasteiger charge is -2.30. The highest BCUT2D eigenvalue weighted by Gasteiger charge is 2.23. The van der Waals surface area contributed by atoms with Crippen LogP contribution in [0.3, 0.4) is 0 Å². The Morgan fingerprint density at radius 2 is 1.96 bits per heavy atom. The minimum atomic E-state index is 0.228. The van der Waals surface area contributed by atoms with Gasteiger partial charge in [-0.3, -0.25) is 0 Å². The summed E-state index contributed by atoms with van der Waals surface area (Å²) in [5.41, 5.74) is 0. The molecule has 3 heterocycles. The molecule has 1 N–H and O–H groups in total. The van der Waals surface area contributed by atoms with Gasteiger partial charge in [0.15, 0.2) is 11.6 Å². The molecule has 0 spiro atoms. The molecular formula is C15H22ClN5O3. The first kappa shape index (κ1) is 18.4. The summed E-state index contributed by atoms with van der Waals surface area (Å²) < 4.78 is 11.0. The van der Waals surface area contributed by atoms with Crippen LogP contribution in [-0.4, -0.2) is 52.0 Å². The summed E-state index contributed by atoms with van der Waals surface area (Å²) in [6, 6.07) is 0.627. The van der Waals surface area contributed by atoms with Crippen molar-refractivity contribution in [1.82, 2.24) is 20.1 Å². The predicted molar refractivity (Wildman–Crippen MR) is 89.3 cm³/mol. The van der Waals surface area contributed by atoms with Gasteiger partial charge in [-0.1, -0.05) is 12.1 Å². The third-order valence-electron chi connectivity index (χ3n) is 3.74. The maximum absolute atomic E-state index is 7.00. The summed E-state index contributed by atoms with van der Waals surface area (Å²) in [4.78, 5) is 14.3. The number of aliphatic hydroxyl groups is 1. The Hall–Kier alpha value is -1.93. The highest BCUT2D eigenvalue weighted by molar-refractivity contribution is 6.28. The van der Waals surface area contributed by atoms with Crippen molar-refractivity contribution in [3.05, 3.63) is 23.5 Å². The zero-order valence-electron chi connectivity index (χ0n) is 13.9. The number of aliphatic hydroxyl groups excluding tert-OH is 1. The average molecular weight is 356 g/mol. The molecule has 0 radical (unpaired) electrons. The Morgan fingerprint density at radius 1 is 1.29 bits per heavy atom. The molecule has 0 amide bonds. The van der Waals surface area contributed by atoms with Crippen LogP contribution in [0.4, 0.5) is 6.01 Å². The number of hydrogen-bond acceptors (Lipinski definition) is 8. The standard InChI is InChI=1S/C14H18ClN5O2.CH4O/c1-2-12-18-14(22-19-12)20-5-3-10(4-6-20)9-21-11-7-16-13(15)17-8-11;1-2/h7-8,10H,2-6,9H2,1H3;2H,1H3. The van der Waals surface area contributed by atoms with Gasteiger partial charge in [-0.2, -0.15) is 4.98 Å². The fourth-order valence-electron chi connectivity index (χ4n) is 2.40. The van der Waals surface area contributed by atoms with Crippen LogP contribution >= 0.6 is 11.6 Å². The van der Waals surface area contributed by atoms with Crippen molar-refractivity contribution in [3.63, 3.8) is 0 Å². The molecular weight excluding hydrogens is 334 g/mol. The van der Waals surface area contributed by atoms with E-state index in [0.29, 0.717) is 24.3 Å². The van der Waals surface area contributed by atoms with Crippen LogP contribution < -0.4 is 9.64 Å². The average Bonchev–Trinajstić information content (AvgIpc) is 3.13. The topological polar surface area (TPSA) is 97.4 Å². The van der Waals surface area contributed by atoms with Gasteiger partial charge < -0.3 is 19.3 Å². The number of nitrogens with zero attached hydrogens (tertiary/aromatic N) is 5.